The highest BCUT2D eigenvalue weighted by atomic mass is 16.7. The molecule has 0 bridgehead atoms. The molecule has 1 aromatic heterocycles. The molecule has 20 unspecified atom stereocenters. The molecule has 1 aromatic carbocycles. The number of hydrogen-bond donors (Lipinski definition) is 28. The largest absolute Gasteiger partial charge is 0.481 e. The molecule has 2 aromatic rings. The van der Waals surface area contributed by atoms with Crippen LogP contribution in [0.3, 0.4) is 0 Å². The number of carbonyl (C=O) groups excluding carboxylic acids is 18. The van der Waals surface area contributed by atoms with Gasteiger partial charge >= 0.3 is 11.9 Å². The Bertz CT molecular complexity index is 4890. The van der Waals surface area contributed by atoms with Gasteiger partial charge in [-0.05, 0) is 117 Å². The highest BCUT2D eigenvalue weighted by Crippen LogP contribution is 2.32. The number of carbonyl (C=O) groups is 20. The zero-order chi connectivity index (χ0) is 109. The number of aliphatic carboxylic acids is 2. The van der Waals surface area contributed by atoms with E-state index in [1.807, 2.05) is 0 Å². The van der Waals surface area contributed by atoms with Gasteiger partial charge in [0.2, 0.25) is 100 Å². The number of nitrogens with zero attached hydrogens (tertiary/aromatic N) is 4. The summed E-state index contributed by atoms with van der Waals surface area (Å²) in [7, 11) is 0. The molecule has 0 radical (unpaired) electrons. The maximum Gasteiger partial charge on any atom is 0.305 e. The summed E-state index contributed by atoms with van der Waals surface area (Å²) < 4.78 is 23.8. The molecular formula is C91H140N22O34. The molecule has 0 aliphatic carbocycles. The highest BCUT2D eigenvalue weighted by Gasteiger charge is 2.54. The van der Waals surface area contributed by atoms with Crippen LogP contribution < -0.4 is 85.5 Å². The minimum Gasteiger partial charge on any atom is -0.481 e. The van der Waals surface area contributed by atoms with Crippen molar-refractivity contribution >= 4 is 124 Å². The van der Waals surface area contributed by atoms with Crippen molar-refractivity contribution < 1.29 is 166 Å². The third-order valence-electron chi connectivity index (χ3n) is 25.0. The summed E-state index contributed by atoms with van der Waals surface area (Å²) in [6.07, 6.45) is -21.3. The second-order valence-electron chi connectivity index (χ2n) is 36.9. The van der Waals surface area contributed by atoms with Gasteiger partial charge in [0.1, 0.15) is 139 Å². The fourth-order valence-corrected chi connectivity index (χ4v) is 17.2. The number of carboxylic acid groups (broad SMARTS) is 2. The van der Waals surface area contributed by atoms with Crippen LogP contribution in [-0.4, -0.2) is 417 Å². The average Bonchev–Trinajstić information content (AvgIpc) is 1.60. The summed E-state index contributed by atoms with van der Waals surface area (Å²) in [5.41, 5.74) is 6.35. The molecule has 17 amide bonds. The number of likely N-dealkylation sites (tertiary alicyclic amines) is 3. The highest BCUT2D eigenvalue weighted by molar-refractivity contribution is 6.02. The minimum absolute atomic E-state index is 0.0145. The Balaban J connectivity index is 1.06. The van der Waals surface area contributed by atoms with Gasteiger partial charge in [0.05, 0.1) is 57.0 Å². The standard InChI is InChI=1S/C91H140N22O34/c1-10-95-80(135)57-23-16-30-111(57)87(142)45(6)100-81(136)58-24-18-32-113(58)88(143)52(22-15-29-96-91(92)93)104-85(140)68(47(8)144-89-69(101-48(9)119)74(71(127)61(40-116)145-89)147-90-73(129)72(128)70(126)60(39-115)146-90)110-78(133)55(35-65(124)125)106-82(137)59-25-17-31-112(59)86(141)44(5)99-79(134)56(38-114)107-84(139)67(46(7)118)109-83(138)66(42(2)3)108-63(121)37-97-75(130)54(34-50-36-94-41-98-50)105-76(131)51(27-28-64(122)123)103-77(132)53(33-49-20-12-11-13-21-49)102-62(120)26-14-19-43(4)117/h11-13,20-21,36,41-42,44-47,51-61,66-74,89-90,114-116,118,126-129H,10,14-19,22-35,37-40H2,1-9H3,(H,94,98)(H,95,135)(H,97,130)(H,99,134)(H,100,136)(H,101,119)(H,102,120)(H,103,132)(H,104,140)(H,105,131)(H,106,137)(H,107,139)(H,108,121)(H,109,138)(H,110,133)(H,122,123)(H,124,125)(H4,92,93,96)/t44?,45?,46?,47?,51?,52?,53?,54?,55?,56?,57?,58?,59?,60-,61-,66?,67?,68?,69?,70-,71-,72?,73?,74?,89-,90-/m0/s1. The number of rotatable bonds is 56. The zero-order valence-electron chi connectivity index (χ0n) is 82.9. The van der Waals surface area contributed by atoms with E-state index in [0.717, 1.165) is 37.5 Å². The first kappa shape index (κ1) is 121. The van der Waals surface area contributed by atoms with E-state index in [-0.39, 0.29) is 115 Å². The van der Waals surface area contributed by atoms with Crippen LogP contribution in [-0.2, 0) is 128 Å². The van der Waals surface area contributed by atoms with E-state index in [9.17, 15) is 133 Å². The van der Waals surface area contributed by atoms with E-state index in [4.69, 9.17) is 30.1 Å². The molecule has 7 rings (SSSR count). The Kier molecular flexibility index (Phi) is 48.0. The molecule has 147 heavy (non-hydrogen) atoms. The van der Waals surface area contributed by atoms with Crippen LogP contribution in [0.15, 0.2) is 42.9 Å². The predicted molar refractivity (Wildman–Crippen MR) is 506 cm³/mol. The van der Waals surface area contributed by atoms with Crippen molar-refractivity contribution in [3.63, 3.8) is 0 Å². The van der Waals surface area contributed by atoms with Crippen LogP contribution in [0, 0.1) is 11.3 Å². The van der Waals surface area contributed by atoms with E-state index in [0.29, 0.717) is 18.4 Å². The zero-order valence-corrected chi connectivity index (χ0v) is 82.9. The Hall–Kier alpha value is -13.2. The molecule has 5 fully saturated rings. The normalized spacial score (nSPS) is 23.3. The van der Waals surface area contributed by atoms with Crippen LogP contribution in [0.5, 0.6) is 0 Å². The van der Waals surface area contributed by atoms with Gasteiger partial charge in [-0.2, -0.15) is 0 Å². The number of aliphatic hydroxyl groups excluding tert-OH is 8. The van der Waals surface area contributed by atoms with E-state index < -0.39 is 328 Å². The number of benzene rings is 1. The summed E-state index contributed by atoms with van der Waals surface area (Å²) in [6, 6.07) is -16.5. The number of ketones is 1. The van der Waals surface area contributed by atoms with Gasteiger partial charge in [-0.15, -0.1) is 0 Å². The van der Waals surface area contributed by atoms with Crippen LogP contribution >= 0.6 is 0 Å². The molecule has 0 saturated carbocycles. The van der Waals surface area contributed by atoms with Crippen molar-refractivity contribution in [2.45, 2.75) is 323 Å². The second-order valence-corrected chi connectivity index (χ2v) is 36.9. The fourth-order valence-electron chi connectivity index (χ4n) is 17.2. The molecular weight excluding hydrogens is 1950 g/mol. The Labute approximate surface area is 844 Å². The lowest BCUT2D eigenvalue weighted by Crippen LogP contribution is -2.69. The number of nitrogens with one attached hydrogen (secondary N) is 17. The number of amides is 17. The molecule has 6 heterocycles. The van der Waals surface area contributed by atoms with Crippen molar-refractivity contribution in [2.75, 3.05) is 59.1 Å². The van der Waals surface area contributed by atoms with Crippen LogP contribution in [0.4, 0.5) is 0 Å². The number of hydrogen-bond acceptors (Lipinski definition) is 34. The number of ether oxygens (including phenoxy) is 4. The maximum absolute atomic E-state index is 15.5. The molecule has 818 valence electrons. The summed E-state index contributed by atoms with van der Waals surface area (Å²) in [4.78, 5) is 287. The minimum atomic E-state index is -2.28. The SMILES string of the molecule is CCNC(=O)C1CCCN1C(=O)C(C)NC(=O)C1CCCN1C(=O)C(CCCNC(=N)N)NC(=O)C(NC(=O)C(CC(=O)O)NC(=O)C1CCCN1C(=O)C(C)NC(=O)C(CO)NC(=O)C(NC(=O)C(NC(=O)CNC(=O)C(Cc1c[nH]cn1)NC(=O)C(CCC(=O)O)NC(=O)C(Cc1ccccc1)NC(=O)CCCC(C)=O)C(C)C)C(C)O)C(C)O[C@H]1O[C@@H](CO)[C@H](O)C(O[C@@H]2O[C@@H](CO)[C@H](O)C(O)C2O)C1NC(C)=O. The van der Waals surface area contributed by atoms with Gasteiger partial charge in [0, 0.05) is 77.9 Å². The monoisotopic (exact) mass is 2080 g/mol. The molecule has 5 aliphatic heterocycles. The molecule has 29 N–H and O–H groups in total. The van der Waals surface area contributed by atoms with Crippen molar-refractivity contribution in [3.8, 4) is 0 Å². The number of aliphatic hydroxyl groups is 8. The van der Waals surface area contributed by atoms with Gasteiger partial charge in [-0.1, -0.05) is 44.2 Å². The Morgan fingerprint density at radius 1 is 0.517 bits per heavy atom. The Morgan fingerprint density at radius 3 is 1.61 bits per heavy atom. The number of guanidine groups is 1. The van der Waals surface area contributed by atoms with E-state index in [1.165, 1.54) is 45.1 Å². The van der Waals surface area contributed by atoms with Crippen molar-refractivity contribution in [3.05, 3.63) is 54.1 Å². The lowest BCUT2D eigenvalue weighted by Gasteiger charge is -2.48. The smallest absolute Gasteiger partial charge is 0.305 e. The topological polar surface area (TPSA) is 849 Å². The molecule has 0 spiro atoms. The third-order valence-corrected chi connectivity index (χ3v) is 25.0. The van der Waals surface area contributed by atoms with E-state index in [1.54, 1.807) is 37.3 Å². The van der Waals surface area contributed by atoms with Gasteiger partial charge in [0.25, 0.3) is 0 Å². The number of Topliss-reactive ketones (excluding diaryl/α,β-unsaturated/α-hetero) is 1. The second kappa shape index (κ2) is 58.4. The summed E-state index contributed by atoms with van der Waals surface area (Å²) in [5.74, 6) is -21.9. The number of likely N-dealkylation sites (N-methyl/N-ethyl adjacent to an activating group) is 1. The van der Waals surface area contributed by atoms with Crippen LogP contribution in [0.1, 0.15) is 163 Å². The van der Waals surface area contributed by atoms with Crippen molar-refractivity contribution in [1.82, 2.24) is 104 Å². The molecule has 26 atom stereocenters. The fraction of sp³-hybridized carbons (Fsp3) is 0.670. The number of imidazole rings is 1. The average molecular weight is 2090 g/mol. The number of aromatic nitrogens is 2. The first-order chi connectivity index (χ1) is 69.5. The molecule has 56 nitrogen and oxygen atoms in total. The summed E-state index contributed by atoms with van der Waals surface area (Å²) in [6.45, 7) is 7.33. The number of aromatic amines is 1. The van der Waals surface area contributed by atoms with Gasteiger partial charge in [0.15, 0.2) is 18.5 Å². The number of H-pyrrole nitrogens is 1. The quantitative estimate of drug-likeness (QED) is 0.0166. The molecule has 56 heteroatoms. The van der Waals surface area contributed by atoms with E-state index in [2.05, 4.69) is 89.7 Å². The number of nitrogens with two attached hydrogens (primary N) is 1. The first-order valence-electron chi connectivity index (χ1n) is 48.5. The van der Waals surface area contributed by atoms with Crippen molar-refractivity contribution in [1.29, 1.82) is 5.41 Å². The molecule has 5 saturated heterocycles. The maximum atomic E-state index is 15.5. The van der Waals surface area contributed by atoms with Crippen LogP contribution in [0.25, 0.3) is 0 Å². The van der Waals surface area contributed by atoms with E-state index >= 15 is 14.4 Å². The summed E-state index contributed by atoms with van der Waals surface area (Å²) >= 11 is 0. The lowest BCUT2D eigenvalue weighted by molar-refractivity contribution is -0.347. The summed E-state index contributed by atoms with van der Waals surface area (Å²) in [5, 5.41) is 151. The van der Waals surface area contributed by atoms with Crippen molar-refractivity contribution in [2.24, 2.45) is 11.7 Å². The van der Waals surface area contributed by atoms with Gasteiger partial charge in [-0.25, -0.2) is 4.98 Å². The molecule has 5 aliphatic rings. The lowest BCUT2D eigenvalue weighted by atomic mass is 9.95. The van der Waals surface area contributed by atoms with Gasteiger partial charge < -0.3 is 180 Å². The van der Waals surface area contributed by atoms with Crippen LogP contribution in [0.2, 0.25) is 0 Å². The predicted octanol–water partition coefficient (Wildman–Crippen LogP) is -11.6. The van der Waals surface area contributed by atoms with Gasteiger partial charge in [-0.3, -0.25) is 96.5 Å². The first-order valence-corrected chi connectivity index (χ1v) is 48.5. The Morgan fingerprint density at radius 2 is 1.05 bits per heavy atom. The third kappa shape index (κ3) is 35.8. The number of carboxylic acids is 2.